The van der Waals surface area contributed by atoms with Gasteiger partial charge < -0.3 is 47.4 Å². The second-order valence-electron chi connectivity index (χ2n) is 16.8. The van der Waals surface area contributed by atoms with E-state index in [9.17, 15) is 43.2 Å². The summed E-state index contributed by atoms with van der Waals surface area (Å²) in [6, 6.07) is 16.4. The third kappa shape index (κ3) is 12.7. The van der Waals surface area contributed by atoms with Crippen molar-refractivity contribution < 1.29 is 43.2 Å². The lowest BCUT2D eigenvalue weighted by Gasteiger charge is -2.33. The highest BCUT2D eigenvalue weighted by atomic mass is 32.1. The van der Waals surface area contributed by atoms with Crippen molar-refractivity contribution in [1.29, 1.82) is 0 Å². The minimum Gasteiger partial charge on any atom is -0.370 e. The highest BCUT2D eigenvalue weighted by Crippen LogP contribution is 2.26. The highest BCUT2D eigenvalue weighted by molar-refractivity contribution is 7.80. The number of thiol groups is 1. The minimum absolute atomic E-state index is 0.0342. The Morgan fingerprint density at radius 3 is 1.39 bits per heavy atom. The zero-order valence-electron chi connectivity index (χ0n) is 36.7. The third-order valence-electron chi connectivity index (χ3n) is 12.0. The average Bonchev–Trinajstić information content (AvgIpc) is 4.01. The largest absolute Gasteiger partial charge is 0.370 e. The third-order valence-corrected chi connectivity index (χ3v) is 12.4. The molecule has 19 heteroatoms. The zero-order valence-corrected chi connectivity index (χ0v) is 37.5. The van der Waals surface area contributed by atoms with Crippen molar-refractivity contribution in [1.82, 2.24) is 41.7 Å². The fraction of sp³-hybridized carbons (Fsp3) is 0.426. The number of rotatable bonds is 9. The molecule has 0 spiro atoms. The Balaban J connectivity index is 1.36. The lowest BCUT2D eigenvalue weighted by atomic mass is 10.0. The number of hydrogen-bond donors (Lipinski definition) is 8. The molecule has 0 unspecified atom stereocenters. The molecule has 0 bridgehead atoms. The highest BCUT2D eigenvalue weighted by Gasteiger charge is 2.44. The van der Waals surface area contributed by atoms with Crippen LogP contribution in [0.5, 0.6) is 0 Å². The number of benzene rings is 3. The lowest BCUT2D eigenvalue weighted by molar-refractivity contribution is -0.148. The number of amides is 9. The maximum Gasteiger partial charge on any atom is 0.246 e. The number of hydrogen-bond acceptors (Lipinski definition) is 10. The topological polar surface area (TPSA) is 258 Å². The van der Waals surface area contributed by atoms with Gasteiger partial charge in [0.15, 0.2) is 0 Å². The lowest BCUT2D eigenvalue weighted by Crippen LogP contribution is -2.62. The first-order valence-electron chi connectivity index (χ1n) is 22.2. The molecule has 3 heterocycles. The molecule has 350 valence electrons. The summed E-state index contributed by atoms with van der Waals surface area (Å²) in [4.78, 5) is 128. The van der Waals surface area contributed by atoms with Crippen LogP contribution in [-0.2, 0) is 62.4 Å². The molecule has 8 atom stereocenters. The molecule has 3 saturated heterocycles. The van der Waals surface area contributed by atoms with Crippen LogP contribution in [0.25, 0.3) is 0 Å². The van der Waals surface area contributed by atoms with E-state index < -0.39 is 108 Å². The van der Waals surface area contributed by atoms with Crippen molar-refractivity contribution in [2.24, 2.45) is 5.73 Å². The summed E-state index contributed by atoms with van der Waals surface area (Å²) >= 11 is 4.36. The van der Waals surface area contributed by atoms with Crippen LogP contribution in [0.1, 0.15) is 55.7 Å². The van der Waals surface area contributed by atoms with Gasteiger partial charge in [-0.05, 0) is 49.3 Å². The van der Waals surface area contributed by atoms with Crippen LogP contribution in [-0.4, -0.2) is 130 Å². The van der Waals surface area contributed by atoms with Gasteiger partial charge in [0.05, 0.1) is 6.42 Å². The van der Waals surface area contributed by atoms with Crippen LogP contribution in [0.3, 0.4) is 0 Å². The molecule has 66 heavy (non-hydrogen) atoms. The van der Waals surface area contributed by atoms with Crippen molar-refractivity contribution in [2.45, 2.75) is 107 Å². The monoisotopic (exact) mass is 923 g/mol. The zero-order chi connectivity index (χ0) is 47.3. The van der Waals surface area contributed by atoms with E-state index in [1.54, 1.807) is 91.0 Å². The van der Waals surface area contributed by atoms with E-state index in [4.69, 9.17) is 5.73 Å². The van der Waals surface area contributed by atoms with Crippen LogP contribution in [0, 0.1) is 0 Å². The molecule has 3 aromatic carbocycles. The first-order chi connectivity index (χ1) is 31.7. The number of nitrogens with one attached hydrogen (secondary N) is 6. The van der Waals surface area contributed by atoms with Crippen molar-refractivity contribution in [3.63, 3.8) is 0 Å². The van der Waals surface area contributed by atoms with Gasteiger partial charge >= 0.3 is 0 Å². The maximum atomic E-state index is 14.5. The standard InChI is InChI=1S/C47H57N9O9S/c1-28-40(58)53-35(25-31-17-9-4-10-18-31)46(64)56-22-12-20-38(56)47(65)55-21-11-19-37(55)45(63)54-36(27-66)44(62)51-33(24-30-15-7-3-8-16-30)42(60)50-32(23-29-13-5-2-6-14-29)43(61)52-34(26-39(48)57)41(59)49-28/h2-10,13-18,28,32-38,66H,11-12,19-27H2,1H3,(H2,48,57)(H,49,59)(H,50,60)(H,51,62)(H,52,61)(H,53,58)(H,54,63)/t28-,32-,33-,34-,35-,36-,37-,38+/m0/s1. The van der Waals surface area contributed by atoms with Gasteiger partial charge in [-0.3, -0.25) is 43.2 Å². The van der Waals surface area contributed by atoms with Crippen LogP contribution >= 0.6 is 12.6 Å². The number of carbonyl (C=O) groups is 9. The number of carbonyl (C=O) groups excluding carboxylic acids is 9. The molecule has 9 amide bonds. The number of nitrogens with zero attached hydrogens (tertiary/aromatic N) is 2. The first-order valence-corrected chi connectivity index (χ1v) is 22.8. The van der Waals surface area contributed by atoms with Gasteiger partial charge in [0.1, 0.15) is 48.3 Å². The summed E-state index contributed by atoms with van der Waals surface area (Å²) in [5.41, 5.74) is 7.52. The number of nitrogens with two attached hydrogens (primary N) is 1. The molecule has 0 aromatic heterocycles. The van der Waals surface area contributed by atoms with Crippen molar-refractivity contribution in [3.8, 4) is 0 Å². The molecule has 3 aliphatic rings. The molecule has 18 nitrogen and oxygen atoms in total. The fourth-order valence-corrected chi connectivity index (χ4v) is 8.77. The Morgan fingerprint density at radius 1 is 0.515 bits per heavy atom. The van der Waals surface area contributed by atoms with E-state index in [-0.39, 0.29) is 38.1 Å². The summed E-state index contributed by atoms with van der Waals surface area (Å²) in [7, 11) is 0. The summed E-state index contributed by atoms with van der Waals surface area (Å²) < 4.78 is 0. The predicted molar refractivity (Wildman–Crippen MR) is 245 cm³/mol. The van der Waals surface area contributed by atoms with E-state index in [2.05, 4.69) is 44.5 Å². The Hall–Kier alpha value is -6.76. The van der Waals surface area contributed by atoms with Gasteiger partial charge in [-0.15, -0.1) is 0 Å². The molecular formula is C47H57N9O9S. The normalized spacial score (nSPS) is 26.4. The van der Waals surface area contributed by atoms with Crippen molar-refractivity contribution in [2.75, 3.05) is 18.8 Å². The van der Waals surface area contributed by atoms with Gasteiger partial charge in [-0.25, -0.2) is 0 Å². The van der Waals surface area contributed by atoms with Crippen LogP contribution in [0.15, 0.2) is 91.0 Å². The molecular weight excluding hydrogens is 867 g/mol. The van der Waals surface area contributed by atoms with E-state index in [0.717, 1.165) is 0 Å². The maximum absolute atomic E-state index is 14.5. The Morgan fingerprint density at radius 2 is 0.909 bits per heavy atom. The molecule has 3 fully saturated rings. The summed E-state index contributed by atoms with van der Waals surface area (Å²) in [6.45, 7) is 1.79. The van der Waals surface area contributed by atoms with Crippen molar-refractivity contribution >= 4 is 65.8 Å². The second kappa shape index (κ2) is 22.9. The first kappa shape index (κ1) is 48.7. The second-order valence-corrected chi connectivity index (χ2v) is 17.2. The fourth-order valence-electron chi connectivity index (χ4n) is 8.52. The van der Waals surface area contributed by atoms with E-state index in [0.29, 0.717) is 42.4 Å². The molecule has 8 N–H and O–H groups in total. The summed E-state index contributed by atoms with van der Waals surface area (Å²) in [5.74, 6) is -6.87. The van der Waals surface area contributed by atoms with E-state index >= 15 is 0 Å². The Kier molecular flexibility index (Phi) is 16.9. The average molecular weight is 924 g/mol. The van der Waals surface area contributed by atoms with Crippen molar-refractivity contribution in [3.05, 3.63) is 108 Å². The number of fused-ring (bicyclic) bond motifs is 2. The smallest absolute Gasteiger partial charge is 0.246 e. The molecule has 3 aliphatic heterocycles. The van der Waals surface area contributed by atoms with E-state index in [1.165, 1.54) is 16.7 Å². The van der Waals surface area contributed by atoms with Gasteiger partial charge in [0.25, 0.3) is 0 Å². The predicted octanol–water partition coefficient (Wildman–Crippen LogP) is -0.556. The van der Waals surface area contributed by atoms with E-state index in [1.807, 2.05) is 0 Å². The van der Waals surface area contributed by atoms with Gasteiger partial charge in [0.2, 0.25) is 53.2 Å². The molecule has 6 rings (SSSR count). The van der Waals surface area contributed by atoms with Gasteiger partial charge in [-0.2, -0.15) is 12.6 Å². The molecule has 0 saturated carbocycles. The van der Waals surface area contributed by atoms with Gasteiger partial charge in [-0.1, -0.05) is 91.0 Å². The number of primary amides is 1. The Bertz CT molecular complexity index is 2250. The summed E-state index contributed by atoms with van der Waals surface area (Å²) in [6.07, 6.45) is 0.783. The molecule has 0 aliphatic carbocycles. The molecule has 3 aromatic rings. The Labute approximate surface area is 388 Å². The van der Waals surface area contributed by atoms with Gasteiger partial charge in [0, 0.05) is 38.1 Å². The quantitative estimate of drug-likeness (QED) is 0.128. The molecule has 0 radical (unpaired) electrons. The minimum atomic E-state index is -1.61. The van der Waals surface area contributed by atoms with Crippen LogP contribution in [0.2, 0.25) is 0 Å². The van der Waals surface area contributed by atoms with Crippen LogP contribution in [0.4, 0.5) is 0 Å². The summed E-state index contributed by atoms with van der Waals surface area (Å²) in [5, 5.41) is 16.0. The van der Waals surface area contributed by atoms with Crippen LogP contribution < -0.4 is 37.6 Å². The SMILES string of the molecule is C[C@@H]1NC(=O)[C@H](CC(N)=O)NC(=O)[C@H](Cc2ccccc2)NC(=O)[C@H](Cc2ccccc2)NC(=O)[C@H](CS)NC(=O)[C@@H]2CCCN2C(=O)[C@H]2CCCN2C(=O)[C@H](Cc2ccccc2)NC1=O.